The molecule has 0 saturated heterocycles. The summed E-state index contributed by atoms with van der Waals surface area (Å²) in [5.74, 6) is 1.12. The molecular weight excluding hydrogens is 486 g/mol. The zero-order chi connectivity index (χ0) is 26.6. The molecule has 3 aromatic heterocycles. The number of anilines is 2. The van der Waals surface area contributed by atoms with E-state index in [1.54, 1.807) is 37.4 Å². The number of benzene rings is 2. The first-order valence-electron chi connectivity index (χ1n) is 11.6. The molecular formula is C27H25N7O4. The van der Waals surface area contributed by atoms with Gasteiger partial charge in [0, 0.05) is 54.6 Å². The van der Waals surface area contributed by atoms with Gasteiger partial charge in [-0.2, -0.15) is 5.10 Å². The van der Waals surface area contributed by atoms with Crippen molar-refractivity contribution in [2.75, 3.05) is 26.2 Å². The second-order valence-corrected chi connectivity index (χ2v) is 8.34. The average Bonchev–Trinajstić information content (AvgIpc) is 3.40. The molecule has 192 valence electrons. The van der Waals surface area contributed by atoms with E-state index in [2.05, 4.69) is 20.1 Å². The van der Waals surface area contributed by atoms with E-state index in [-0.39, 0.29) is 12.2 Å². The van der Waals surface area contributed by atoms with Crippen LogP contribution < -0.4 is 14.4 Å². The Kier molecular flexibility index (Phi) is 6.81. The van der Waals surface area contributed by atoms with Crippen LogP contribution in [0.4, 0.5) is 11.4 Å². The van der Waals surface area contributed by atoms with E-state index in [0.717, 1.165) is 22.5 Å². The van der Waals surface area contributed by atoms with Gasteiger partial charge in [-0.05, 0) is 24.3 Å². The maximum absolute atomic E-state index is 12.1. The summed E-state index contributed by atoms with van der Waals surface area (Å²) in [6.45, 7) is 0.238. The molecule has 0 spiro atoms. The number of carbonyl (C=O) groups excluding carboxylic acids is 1. The molecule has 0 aliphatic rings. The van der Waals surface area contributed by atoms with Crippen LogP contribution in [0.2, 0.25) is 0 Å². The number of methoxy groups -OCH3 is 3. The van der Waals surface area contributed by atoms with Crippen molar-refractivity contribution in [2.24, 2.45) is 7.05 Å². The fourth-order valence-electron chi connectivity index (χ4n) is 3.98. The summed E-state index contributed by atoms with van der Waals surface area (Å²) in [6, 6.07) is 12.9. The molecule has 0 N–H and O–H groups in total. The summed E-state index contributed by atoms with van der Waals surface area (Å²) in [5, 5.41) is 4.23. The first kappa shape index (κ1) is 24.6. The minimum absolute atomic E-state index is 0.172. The van der Waals surface area contributed by atoms with Crippen molar-refractivity contribution in [3.63, 3.8) is 0 Å². The molecule has 0 radical (unpaired) electrons. The Morgan fingerprint density at radius 1 is 0.895 bits per heavy atom. The number of hydrogen-bond donors (Lipinski definition) is 0. The number of aromatic nitrogens is 6. The number of hydrogen-bond acceptors (Lipinski definition) is 10. The van der Waals surface area contributed by atoms with Crippen LogP contribution in [0.5, 0.6) is 11.5 Å². The van der Waals surface area contributed by atoms with Crippen LogP contribution in [0.3, 0.4) is 0 Å². The number of carbonyl (C=O) groups is 1. The van der Waals surface area contributed by atoms with Gasteiger partial charge in [-0.3, -0.25) is 9.67 Å². The number of rotatable bonds is 8. The number of aryl methyl sites for hydroxylation is 1. The quantitative estimate of drug-likeness (QED) is 0.283. The van der Waals surface area contributed by atoms with Crippen LogP contribution in [0.1, 0.15) is 16.3 Å². The van der Waals surface area contributed by atoms with Gasteiger partial charge in [-0.1, -0.05) is 0 Å². The van der Waals surface area contributed by atoms with E-state index < -0.39 is 5.97 Å². The second kappa shape index (κ2) is 10.5. The summed E-state index contributed by atoms with van der Waals surface area (Å²) >= 11 is 0. The van der Waals surface area contributed by atoms with Crippen molar-refractivity contribution in [3.8, 4) is 22.8 Å². The third-order valence-corrected chi connectivity index (χ3v) is 5.89. The van der Waals surface area contributed by atoms with Crippen molar-refractivity contribution in [2.45, 2.75) is 6.54 Å². The second-order valence-electron chi connectivity index (χ2n) is 8.34. The molecule has 11 heteroatoms. The SMILES string of the molecule is COC(=O)c1ccnc(CN(c2cc(OC)cc(OC)c2)c2ccc3ncc(-c4cnn(C)c4)nc3c2)n1. The highest BCUT2D eigenvalue weighted by molar-refractivity contribution is 5.87. The Morgan fingerprint density at radius 2 is 1.68 bits per heavy atom. The molecule has 5 aromatic rings. The maximum atomic E-state index is 12.1. The van der Waals surface area contributed by atoms with Crippen molar-refractivity contribution in [3.05, 3.63) is 78.8 Å². The lowest BCUT2D eigenvalue weighted by Gasteiger charge is -2.25. The van der Waals surface area contributed by atoms with E-state index in [0.29, 0.717) is 28.5 Å². The van der Waals surface area contributed by atoms with E-state index in [1.807, 2.05) is 48.5 Å². The molecule has 5 rings (SSSR count). The van der Waals surface area contributed by atoms with Gasteiger partial charge >= 0.3 is 5.97 Å². The normalized spacial score (nSPS) is 10.8. The Labute approximate surface area is 218 Å². The van der Waals surface area contributed by atoms with Crippen LogP contribution in [0.15, 0.2) is 67.3 Å². The molecule has 0 atom stereocenters. The molecule has 0 unspecified atom stereocenters. The van der Waals surface area contributed by atoms with Gasteiger partial charge in [0.15, 0.2) is 5.69 Å². The Balaban J connectivity index is 1.62. The molecule has 0 aliphatic carbocycles. The summed E-state index contributed by atoms with van der Waals surface area (Å²) in [4.78, 5) is 32.3. The predicted octanol–water partition coefficient (Wildman–Crippen LogP) is 3.96. The van der Waals surface area contributed by atoms with Gasteiger partial charge < -0.3 is 19.1 Å². The molecule has 3 heterocycles. The van der Waals surface area contributed by atoms with E-state index >= 15 is 0 Å². The first-order valence-corrected chi connectivity index (χ1v) is 11.6. The molecule has 0 aliphatic heterocycles. The third kappa shape index (κ3) is 5.07. The van der Waals surface area contributed by atoms with E-state index in [4.69, 9.17) is 19.2 Å². The predicted molar refractivity (Wildman–Crippen MR) is 141 cm³/mol. The van der Waals surface area contributed by atoms with Gasteiger partial charge in [-0.15, -0.1) is 0 Å². The Bertz CT molecular complexity index is 1600. The fourth-order valence-corrected chi connectivity index (χ4v) is 3.98. The molecule has 38 heavy (non-hydrogen) atoms. The Morgan fingerprint density at radius 3 is 2.37 bits per heavy atom. The molecule has 0 fully saturated rings. The highest BCUT2D eigenvalue weighted by atomic mass is 16.5. The molecule has 2 aromatic carbocycles. The van der Waals surface area contributed by atoms with Crippen molar-refractivity contribution < 1.29 is 19.0 Å². The summed E-state index contributed by atoms with van der Waals surface area (Å²) in [6.07, 6.45) is 6.90. The third-order valence-electron chi connectivity index (χ3n) is 5.89. The van der Waals surface area contributed by atoms with Crippen LogP contribution in [-0.2, 0) is 18.3 Å². The van der Waals surface area contributed by atoms with Crippen molar-refractivity contribution in [1.29, 1.82) is 0 Å². The molecule has 11 nitrogen and oxygen atoms in total. The van der Waals surface area contributed by atoms with Gasteiger partial charge in [0.05, 0.1) is 57.0 Å². The lowest BCUT2D eigenvalue weighted by molar-refractivity contribution is 0.0593. The molecule has 0 bridgehead atoms. The molecule has 0 saturated carbocycles. The minimum atomic E-state index is -0.535. The number of fused-ring (bicyclic) bond motifs is 1. The van der Waals surface area contributed by atoms with Crippen LogP contribution in [-0.4, -0.2) is 57.0 Å². The highest BCUT2D eigenvalue weighted by Crippen LogP contribution is 2.35. The highest BCUT2D eigenvalue weighted by Gasteiger charge is 2.18. The van der Waals surface area contributed by atoms with Gasteiger partial charge in [-0.25, -0.2) is 19.7 Å². The lowest BCUT2D eigenvalue weighted by atomic mass is 10.2. The average molecular weight is 512 g/mol. The van der Waals surface area contributed by atoms with Gasteiger partial charge in [0.2, 0.25) is 0 Å². The zero-order valence-electron chi connectivity index (χ0n) is 21.3. The summed E-state index contributed by atoms with van der Waals surface area (Å²) in [7, 11) is 6.36. The monoisotopic (exact) mass is 511 g/mol. The van der Waals surface area contributed by atoms with E-state index in [9.17, 15) is 4.79 Å². The number of nitrogens with zero attached hydrogens (tertiary/aromatic N) is 7. The summed E-state index contributed by atoms with van der Waals surface area (Å²) < 4.78 is 17.6. The van der Waals surface area contributed by atoms with Crippen molar-refractivity contribution in [1.82, 2.24) is 29.7 Å². The maximum Gasteiger partial charge on any atom is 0.356 e. The topological polar surface area (TPSA) is 117 Å². The largest absolute Gasteiger partial charge is 0.497 e. The van der Waals surface area contributed by atoms with E-state index in [1.165, 1.54) is 19.4 Å². The van der Waals surface area contributed by atoms with Gasteiger partial charge in [0.1, 0.15) is 17.3 Å². The standard InChI is InChI=1S/C27H25N7O4/c1-33-15-17(13-30-33)25-14-29-22-6-5-18(11-24(22)31-25)34(19-9-20(36-2)12-21(10-19)37-3)16-26-28-8-7-23(32-26)27(35)38-4/h5-15H,16H2,1-4H3. The Hall–Kier alpha value is -5.06. The number of ether oxygens (including phenoxy) is 3. The molecule has 0 amide bonds. The van der Waals surface area contributed by atoms with Gasteiger partial charge in [0.25, 0.3) is 0 Å². The first-order chi connectivity index (χ1) is 18.5. The zero-order valence-corrected chi connectivity index (χ0v) is 21.3. The lowest BCUT2D eigenvalue weighted by Crippen LogP contribution is -2.19. The fraction of sp³-hybridized carbons (Fsp3) is 0.185. The minimum Gasteiger partial charge on any atom is -0.497 e. The summed E-state index contributed by atoms with van der Waals surface area (Å²) in [5.41, 5.74) is 4.77. The van der Waals surface area contributed by atoms with Crippen molar-refractivity contribution >= 4 is 28.4 Å². The van der Waals surface area contributed by atoms with Crippen LogP contribution in [0.25, 0.3) is 22.3 Å². The smallest absolute Gasteiger partial charge is 0.356 e. The van der Waals surface area contributed by atoms with Crippen LogP contribution >= 0.6 is 0 Å². The van der Waals surface area contributed by atoms with Crippen LogP contribution in [0, 0.1) is 0 Å². The number of esters is 1.